The predicted octanol–water partition coefficient (Wildman–Crippen LogP) is 5.10. The van der Waals surface area contributed by atoms with Crippen LogP contribution in [0.2, 0.25) is 0 Å². The monoisotopic (exact) mass is 563 g/mol. The highest BCUT2D eigenvalue weighted by Gasteiger charge is 2.38. The standard InChI is InChI=1S/C32H38FN3O5/c1-20(2)36-15-7-8-22(19-36)34-32(38)26-18-28(40-17-16-39-3)24-10-6-12-27(29(24)35-26)41-31(30(37)21-13-14-21)23-9-4-5-11-25(23)33/h4-6,9-12,18,20-22,31H,7-8,13-17,19H2,1-3H3,(H,34,38)/t22?,31-/m1/s1. The van der Waals surface area contributed by atoms with E-state index in [1.807, 2.05) is 6.07 Å². The van der Waals surface area contributed by atoms with Crippen LogP contribution in [0.5, 0.6) is 11.5 Å². The van der Waals surface area contributed by atoms with Gasteiger partial charge in [-0.25, -0.2) is 9.37 Å². The number of nitrogens with zero attached hydrogens (tertiary/aromatic N) is 2. The van der Waals surface area contributed by atoms with Gasteiger partial charge in [0.25, 0.3) is 5.91 Å². The van der Waals surface area contributed by atoms with Crippen LogP contribution in [-0.4, -0.2) is 67.1 Å². The molecule has 5 rings (SSSR count). The number of rotatable bonds is 12. The van der Waals surface area contributed by atoms with Crippen LogP contribution in [0, 0.1) is 11.7 Å². The number of hydrogen-bond donors (Lipinski definition) is 1. The minimum absolute atomic E-state index is 0.00194. The summed E-state index contributed by atoms with van der Waals surface area (Å²) in [6, 6.07) is 13.5. The van der Waals surface area contributed by atoms with Gasteiger partial charge in [0.2, 0.25) is 0 Å². The zero-order valence-corrected chi connectivity index (χ0v) is 23.9. The summed E-state index contributed by atoms with van der Waals surface area (Å²) >= 11 is 0. The molecule has 1 aliphatic heterocycles. The second-order valence-corrected chi connectivity index (χ2v) is 11.1. The smallest absolute Gasteiger partial charge is 0.270 e. The van der Waals surface area contributed by atoms with E-state index in [4.69, 9.17) is 19.2 Å². The molecular weight excluding hydrogens is 525 g/mol. The summed E-state index contributed by atoms with van der Waals surface area (Å²) in [6.45, 7) is 6.73. The highest BCUT2D eigenvalue weighted by atomic mass is 19.1. The lowest BCUT2D eigenvalue weighted by atomic mass is 10.0. The number of carbonyl (C=O) groups is 2. The molecule has 2 atom stereocenters. The molecule has 1 unspecified atom stereocenters. The van der Waals surface area contributed by atoms with Crippen LogP contribution in [0.25, 0.3) is 10.9 Å². The Labute approximate surface area is 240 Å². The van der Waals surface area contributed by atoms with Crippen molar-refractivity contribution < 1.29 is 28.2 Å². The molecule has 0 spiro atoms. The van der Waals surface area contributed by atoms with Gasteiger partial charge in [0, 0.05) is 48.7 Å². The fourth-order valence-corrected chi connectivity index (χ4v) is 5.28. The van der Waals surface area contributed by atoms with Crippen molar-refractivity contribution in [3.8, 4) is 11.5 Å². The number of halogens is 1. The summed E-state index contributed by atoms with van der Waals surface area (Å²) < 4.78 is 32.3. The number of aromatic nitrogens is 1. The van der Waals surface area contributed by atoms with Crippen LogP contribution in [0.4, 0.5) is 4.39 Å². The number of nitrogens with one attached hydrogen (secondary N) is 1. The lowest BCUT2D eigenvalue weighted by molar-refractivity contribution is -0.127. The van der Waals surface area contributed by atoms with E-state index in [1.165, 1.54) is 6.07 Å². The Morgan fingerprint density at radius 2 is 1.88 bits per heavy atom. The van der Waals surface area contributed by atoms with Crippen LogP contribution >= 0.6 is 0 Å². The zero-order chi connectivity index (χ0) is 28.9. The largest absolute Gasteiger partial charge is 0.490 e. The van der Waals surface area contributed by atoms with Gasteiger partial charge in [-0.1, -0.05) is 24.3 Å². The normalized spacial score (nSPS) is 18.3. The molecule has 8 nitrogen and oxygen atoms in total. The molecule has 41 heavy (non-hydrogen) atoms. The van der Waals surface area contributed by atoms with Gasteiger partial charge < -0.3 is 19.5 Å². The number of methoxy groups -OCH3 is 1. The van der Waals surface area contributed by atoms with Crippen molar-refractivity contribution in [2.24, 2.45) is 5.92 Å². The molecule has 2 aromatic carbocycles. The van der Waals surface area contributed by atoms with Gasteiger partial charge in [0.05, 0.1) is 6.61 Å². The molecule has 218 valence electrons. The van der Waals surface area contributed by atoms with Crippen LogP contribution in [-0.2, 0) is 9.53 Å². The lowest BCUT2D eigenvalue weighted by Gasteiger charge is -2.35. The predicted molar refractivity (Wildman–Crippen MR) is 154 cm³/mol. The van der Waals surface area contributed by atoms with Crippen molar-refractivity contribution >= 4 is 22.6 Å². The first-order valence-corrected chi connectivity index (χ1v) is 14.4. The number of hydrogen-bond acceptors (Lipinski definition) is 7. The Balaban J connectivity index is 1.50. The molecule has 9 heteroatoms. The highest BCUT2D eigenvalue weighted by molar-refractivity contribution is 5.99. The van der Waals surface area contributed by atoms with Gasteiger partial charge >= 0.3 is 0 Å². The van der Waals surface area contributed by atoms with Crippen molar-refractivity contribution in [1.82, 2.24) is 15.2 Å². The van der Waals surface area contributed by atoms with Gasteiger partial charge in [-0.3, -0.25) is 14.5 Å². The number of Topliss-reactive ketones (excluding diaryl/α,β-unsaturated/α-hetero) is 1. The average molecular weight is 564 g/mol. The van der Waals surface area contributed by atoms with E-state index in [0.717, 1.165) is 38.8 Å². The van der Waals surface area contributed by atoms with Gasteiger partial charge in [0.1, 0.15) is 35.1 Å². The van der Waals surface area contributed by atoms with Crippen molar-refractivity contribution in [3.05, 3.63) is 65.6 Å². The molecule has 1 aliphatic carbocycles. The number of pyridine rings is 1. The Morgan fingerprint density at radius 3 is 2.61 bits per heavy atom. The van der Waals surface area contributed by atoms with E-state index in [0.29, 0.717) is 29.3 Å². The van der Waals surface area contributed by atoms with E-state index in [2.05, 4.69) is 24.1 Å². The number of amides is 1. The minimum Gasteiger partial charge on any atom is -0.490 e. The summed E-state index contributed by atoms with van der Waals surface area (Å²) in [5.74, 6) is -0.409. The average Bonchev–Trinajstić information content (AvgIpc) is 3.82. The molecular formula is C32H38FN3O5. The summed E-state index contributed by atoms with van der Waals surface area (Å²) in [4.78, 5) is 33.9. The number of carbonyl (C=O) groups excluding carboxylic acids is 2. The fourth-order valence-electron chi connectivity index (χ4n) is 5.28. The van der Waals surface area contributed by atoms with Crippen LogP contribution in [0.3, 0.4) is 0 Å². The van der Waals surface area contributed by atoms with E-state index in [-0.39, 0.29) is 47.3 Å². The van der Waals surface area contributed by atoms with E-state index in [1.54, 1.807) is 43.5 Å². The maximum atomic E-state index is 14.9. The molecule has 2 aliphatic rings. The summed E-state index contributed by atoms with van der Waals surface area (Å²) in [5.41, 5.74) is 0.724. The first-order chi connectivity index (χ1) is 19.9. The molecule has 1 amide bonds. The number of fused-ring (bicyclic) bond motifs is 1. The molecule has 0 radical (unpaired) electrons. The van der Waals surface area contributed by atoms with Crippen molar-refractivity contribution in [2.75, 3.05) is 33.4 Å². The number of likely N-dealkylation sites (tertiary alicyclic amines) is 1. The Morgan fingerprint density at radius 1 is 1.07 bits per heavy atom. The number of ether oxygens (including phenoxy) is 3. The molecule has 1 saturated carbocycles. The third kappa shape index (κ3) is 6.85. The topological polar surface area (TPSA) is 90.0 Å². The van der Waals surface area contributed by atoms with E-state index < -0.39 is 11.9 Å². The minimum atomic E-state index is -1.13. The summed E-state index contributed by atoms with van der Waals surface area (Å²) in [6.07, 6.45) is 2.29. The SMILES string of the molecule is COCCOc1cc(C(=O)NC2CCCN(C(C)C)C2)nc2c(O[C@@H](C(=O)C3CC3)c3ccccc3F)cccc12. The number of para-hydroxylation sites is 1. The second-order valence-electron chi connectivity index (χ2n) is 11.1. The third-order valence-electron chi connectivity index (χ3n) is 7.73. The zero-order valence-electron chi connectivity index (χ0n) is 23.9. The van der Waals surface area contributed by atoms with Gasteiger partial charge in [-0.05, 0) is 64.3 Å². The Bertz CT molecular complexity index is 1390. The molecule has 2 fully saturated rings. The van der Waals surface area contributed by atoms with Crippen molar-refractivity contribution in [2.45, 2.75) is 57.7 Å². The van der Waals surface area contributed by atoms with Crippen LogP contribution < -0.4 is 14.8 Å². The highest BCUT2D eigenvalue weighted by Crippen LogP contribution is 2.39. The van der Waals surface area contributed by atoms with E-state index in [9.17, 15) is 14.0 Å². The van der Waals surface area contributed by atoms with Crippen LogP contribution in [0.15, 0.2) is 48.5 Å². The summed E-state index contributed by atoms with van der Waals surface area (Å²) in [7, 11) is 1.59. The lowest BCUT2D eigenvalue weighted by Crippen LogP contribution is -2.49. The number of benzene rings is 2. The quantitative estimate of drug-likeness (QED) is 0.307. The second kappa shape index (κ2) is 13.0. The van der Waals surface area contributed by atoms with E-state index >= 15 is 0 Å². The first kappa shape index (κ1) is 29.0. The molecule has 1 aromatic heterocycles. The molecule has 2 heterocycles. The summed E-state index contributed by atoms with van der Waals surface area (Å²) in [5, 5.41) is 3.76. The molecule has 1 N–H and O–H groups in total. The first-order valence-electron chi connectivity index (χ1n) is 14.4. The molecule has 1 saturated heterocycles. The van der Waals surface area contributed by atoms with Crippen molar-refractivity contribution in [3.63, 3.8) is 0 Å². The van der Waals surface area contributed by atoms with Gasteiger partial charge in [-0.15, -0.1) is 0 Å². The molecule has 3 aromatic rings. The van der Waals surface area contributed by atoms with Crippen molar-refractivity contribution in [1.29, 1.82) is 0 Å². The maximum absolute atomic E-state index is 14.9. The van der Waals surface area contributed by atoms with Crippen LogP contribution in [0.1, 0.15) is 61.7 Å². The van der Waals surface area contributed by atoms with Gasteiger partial charge in [-0.2, -0.15) is 0 Å². The maximum Gasteiger partial charge on any atom is 0.270 e. The number of ketones is 1. The fraction of sp³-hybridized carbons (Fsp3) is 0.469. The number of piperidine rings is 1. The Hall–Kier alpha value is -3.56. The third-order valence-corrected chi connectivity index (χ3v) is 7.73. The Kier molecular flexibility index (Phi) is 9.15. The van der Waals surface area contributed by atoms with Gasteiger partial charge in [0.15, 0.2) is 11.9 Å². The molecule has 0 bridgehead atoms.